The zero-order valence-corrected chi connectivity index (χ0v) is 12.9. The largest absolute Gasteiger partial charge is 0.383 e. The summed E-state index contributed by atoms with van der Waals surface area (Å²) in [7, 11) is 1.52. The topological polar surface area (TPSA) is 78.4 Å². The summed E-state index contributed by atoms with van der Waals surface area (Å²) in [6.45, 7) is 0.00169. The minimum Gasteiger partial charge on any atom is -0.383 e. The van der Waals surface area contributed by atoms with Crippen LogP contribution in [0.15, 0.2) is 24.3 Å². The Hall–Kier alpha value is -2.02. The van der Waals surface area contributed by atoms with Crippen molar-refractivity contribution in [2.24, 2.45) is 0 Å². The first-order valence-electron chi connectivity index (χ1n) is 7.50. The second kappa shape index (κ2) is 6.62. The first kappa shape index (κ1) is 17.3. The highest BCUT2D eigenvalue weighted by Gasteiger charge is 2.60. The molecule has 0 bridgehead atoms. The van der Waals surface area contributed by atoms with Crippen LogP contribution in [0.2, 0.25) is 0 Å². The van der Waals surface area contributed by atoms with E-state index in [1.54, 1.807) is 24.3 Å². The lowest BCUT2D eigenvalue weighted by Crippen LogP contribution is -2.60. The number of aliphatic hydroxyl groups is 1. The molecule has 7 heteroatoms. The van der Waals surface area contributed by atoms with Crippen LogP contribution >= 0.6 is 0 Å². The molecular weight excluding hydrogens is 306 g/mol. The normalized spacial score (nSPS) is 16.3. The quantitative estimate of drug-likeness (QED) is 0.736. The zero-order valence-electron chi connectivity index (χ0n) is 12.9. The van der Waals surface area contributed by atoms with Crippen LogP contribution < -0.4 is 10.6 Å². The monoisotopic (exact) mass is 326 g/mol. The van der Waals surface area contributed by atoms with Crippen molar-refractivity contribution in [2.45, 2.75) is 37.2 Å². The molecule has 1 saturated carbocycles. The number of rotatable bonds is 6. The highest BCUT2D eigenvalue weighted by Crippen LogP contribution is 2.44. The predicted octanol–water partition coefficient (Wildman–Crippen LogP) is 1.26. The first-order valence-corrected chi connectivity index (χ1v) is 7.50. The minimum absolute atomic E-state index is 0.00169. The molecule has 0 aromatic heterocycles. The van der Waals surface area contributed by atoms with Gasteiger partial charge in [0.05, 0.1) is 0 Å². The number of halogens is 2. The molecule has 23 heavy (non-hydrogen) atoms. The second-order valence-electron chi connectivity index (χ2n) is 5.74. The van der Waals surface area contributed by atoms with E-state index in [0.717, 1.165) is 5.56 Å². The number of benzene rings is 1. The highest BCUT2D eigenvalue weighted by atomic mass is 19.3. The number of hydrogen-bond donors (Lipinski definition) is 3. The molecule has 1 fully saturated rings. The molecule has 5 nitrogen and oxygen atoms in total. The predicted molar refractivity (Wildman–Crippen MR) is 80.3 cm³/mol. The smallest absolute Gasteiger partial charge is 0.352 e. The van der Waals surface area contributed by atoms with Crippen LogP contribution in [0.4, 0.5) is 8.78 Å². The van der Waals surface area contributed by atoms with Crippen molar-refractivity contribution >= 4 is 11.8 Å². The Morgan fingerprint density at radius 2 is 2.04 bits per heavy atom. The van der Waals surface area contributed by atoms with Crippen LogP contribution in [-0.4, -0.2) is 42.0 Å². The SMILES string of the molecule is CNC(=O)c1cccc(CCNC(=O)C(F)(F)C2(O)CCC2)c1. The van der Waals surface area contributed by atoms with Crippen molar-refractivity contribution in [1.29, 1.82) is 0 Å². The third-order valence-electron chi connectivity index (χ3n) is 4.17. The summed E-state index contributed by atoms with van der Waals surface area (Å²) in [6.07, 6.45) is 0.667. The van der Waals surface area contributed by atoms with Crippen molar-refractivity contribution in [3.8, 4) is 0 Å². The Kier molecular flexibility index (Phi) is 4.99. The summed E-state index contributed by atoms with van der Waals surface area (Å²) in [4.78, 5) is 23.2. The molecule has 0 heterocycles. The molecule has 0 spiro atoms. The van der Waals surface area contributed by atoms with Crippen LogP contribution in [-0.2, 0) is 11.2 Å². The number of alkyl halides is 2. The van der Waals surface area contributed by atoms with E-state index in [1.807, 2.05) is 0 Å². The van der Waals surface area contributed by atoms with Crippen LogP contribution in [0.1, 0.15) is 35.2 Å². The van der Waals surface area contributed by atoms with Gasteiger partial charge in [0, 0.05) is 19.2 Å². The summed E-state index contributed by atoms with van der Waals surface area (Å²) in [6, 6.07) is 6.72. The van der Waals surface area contributed by atoms with Gasteiger partial charge in [-0.1, -0.05) is 12.1 Å². The highest BCUT2D eigenvalue weighted by molar-refractivity contribution is 5.94. The fourth-order valence-electron chi connectivity index (χ4n) is 2.48. The van der Waals surface area contributed by atoms with Gasteiger partial charge in [0.15, 0.2) is 0 Å². The number of carbonyl (C=O) groups is 2. The van der Waals surface area contributed by atoms with Gasteiger partial charge < -0.3 is 15.7 Å². The van der Waals surface area contributed by atoms with E-state index in [2.05, 4.69) is 10.6 Å². The van der Waals surface area contributed by atoms with Crippen molar-refractivity contribution in [1.82, 2.24) is 10.6 Å². The molecular formula is C16H20F2N2O3. The molecule has 0 atom stereocenters. The molecule has 2 amide bonds. The number of carbonyl (C=O) groups excluding carboxylic acids is 2. The van der Waals surface area contributed by atoms with Gasteiger partial charge >= 0.3 is 5.92 Å². The molecule has 1 aliphatic rings. The summed E-state index contributed by atoms with van der Waals surface area (Å²) >= 11 is 0. The average molecular weight is 326 g/mol. The van der Waals surface area contributed by atoms with Gasteiger partial charge in [-0.05, 0) is 43.4 Å². The van der Waals surface area contributed by atoms with E-state index in [0.29, 0.717) is 18.4 Å². The molecule has 1 aromatic rings. The van der Waals surface area contributed by atoms with Crippen LogP contribution in [0, 0.1) is 0 Å². The second-order valence-corrected chi connectivity index (χ2v) is 5.74. The minimum atomic E-state index is -3.78. The Labute approximate surface area is 133 Å². The molecule has 0 saturated heterocycles. The van der Waals surface area contributed by atoms with Gasteiger partial charge in [-0.3, -0.25) is 9.59 Å². The van der Waals surface area contributed by atoms with Gasteiger partial charge in [0.2, 0.25) is 0 Å². The number of hydrogen-bond acceptors (Lipinski definition) is 3. The lowest BCUT2D eigenvalue weighted by atomic mass is 9.75. The lowest BCUT2D eigenvalue weighted by Gasteiger charge is -2.41. The number of amides is 2. The van der Waals surface area contributed by atoms with Crippen molar-refractivity contribution in [3.63, 3.8) is 0 Å². The van der Waals surface area contributed by atoms with Crippen LogP contribution in [0.25, 0.3) is 0 Å². The third-order valence-corrected chi connectivity index (χ3v) is 4.17. The van der Waals surface area contributed by atoms with Gasteiger partial charge in [0.1, 0.15) is 5.60 Å². The molecule has 2 rings (SSSR count). The van der Waals surface area contributed by atoms with Gasteiger partial charge in [0.25, 0.3) is 11.8 Å². The maximum absolute atomic E-state index is 13.9. The van der Waals surface area contributed by atoms with Gasteiger partial charge in [-0.25, -0.2) is 0 Å². The summed E-state index contributed by atoms with van der Waals surface area (Å²) in [5, 5.41) is 14.3. The molecule has 0 radical (unpaired) electrons. The standard InChI is InChI=1S/C16H20F2N2O3/c1-19-13(21)12-5-2-4-11(10-12)6-9-20-14(22)16(17,18)15(23)7-3-8-15/h2,4-5,10,23H,3,6-9H2,1H3,(H,19,21)(H,20,22). The van der Waals surface area contributed by atoms with Gasteiger partial charge in [-0.15, -0.1) is 0 Å². The van der Waals surface area contributed by atoms with Crippen molar-refractivity contribution in [3.05, 3.63) is 35.4 Å². The molecule has 0 aliphatic heterocycles. The van der Waals surface area contributed by atoms with Gasteiger partial charge in [-0.2, -0.15) is 8.78 Å². The third kappa shape index (κ3) is 3.50. The van der Waals surface area contributed by atoms with E-state index in [9.17, 15) is 23.5 Å². The van der Waals surface area contributed by atoms with E-state index in [-0.39, 0.29) is 25.3 Å². The van der Waals surface area contributed by atoms with Crippen molar-refractivity contribution in [2.75, 3.05) is 13.6 Å². The van der Waals surface area contributed by atoms with Crippen LogP contribution in [0.5, 0.6) is 0 Å². The van der Waals surface area contributed by atoms with Crippen LogP contribution in [0.3, 0.4) is 0 Å². The maximum Gasteiger partial charge on any atom is 0.352 e. The summed E-state index contributed by atoms with van der Waals surface area (Å²) in [5.74, 6) is -5.48. The van der Waals surface area contributed by atoms with E-state index in [4.69, 9.17) is 0 Å². The zero-order chi connectivity index (χ0) is 17.1. The lowest BCUT2D eigenvalue weighted by molar-refractivity contribution is -0.215. The fraction of sp³-hybridized carbons (Fsp3) is 0.500. The Balaban J connectivity index is 1.90. The fourth-order valence-corrected chi connectivity index (χ4v) is 2.48. The Morgan fingerprint density at radius 3 is 2.61 bits per heavy atom. The van der Waals surface area contributed by atoms with E-state index < -0.39 is 17.4 Å². The Bertz CT molecular complexity index is 601. The summed E-state index contributed by atoms with van der Waals surface area (Å²) < 4.78 is 27.7. The summed E-state index contributed by atoms with van der Waals surface area (Å²) in [5.41, 5.74) is -1.00. The van der Waals surface area contributed by atoms with E-state index >= 15 is 0 Å². The molecule has 0 unspecified atom stereocenters. The average Bonchev–Trinajstić information content (AvgIpc) is 2.51. The van der Waals surface area contributed by atoms with E-state index in [1.165, 1.54) is 7.05 Å². The molecule has 1 aromatic carbocycles. The molecule has 1 aliphatic carbocycles. The maximum atomic E-state index is 13.9. The molecule has 126 valence electrons. The first-order chi connectivity index (χ1) is 10.8. The molecule has 3 N–H and O–H groups in total. The Morgan fingerprint density at radius 1 is 1.35 bits per heavy atom. The number of nitrogens with one attached hydrogen (secondary N) is 2. The van der Waals surface area contributed by atoms with Crippen molar-refractivity contribution < 1.29 is 23.5 Å².